The fraction of sp³-hybridized carbons (Fsp3) is 0.143. The number of nitrogens with two attached hydrogens (primary N) is 1. The van der Waals surface area contributed by atoms with Crippen molar-refractivity contribution in [2.75, 3.05) is 12.4 Å². The molecule has 0 aliphatic heterocycles. The van der Waals surface area contributed by atoms with E-state index in [1.165, 1.54) is 13.2 Å². The molecule has 1 aromatic heterocycles. The van der Waals surface area contributed by atoms with E-state index in [2.05, 4.69) is 15.6 Å². The van der Waals surface area contributed by atoms with Crippen molar-refractivity contribution in [2.24, 2.45) is 12.8 Å². The molecule has 0 radical (unpaired) electrons. The Morgan fingerprint density at radius 1 is 1.13 bits per heavy atom. The first-order valence-corrected chi connectivity index (χ1v) is 9.12. The molecule has 4 N–H and O–H groups in total. The molecule has 0 saturated heterocycles. The van der Waals surface area contributed by atoms with Gasteiger partial charge in [-0.3, -0.25) is 14.4 Å². The Bertz CT molecular complexity index is 1130. The molecule has 2 aromatic carbocycles. The number of imidazole rings is 1. The number of aromatic nitrogens is 2. The van der Waals surface area contributed by atoms with E-state index in [1.807, 2.05) is 0 Å². The molecule has 0 bridgehead atoms. The third-order valence-corrected chi connectivity index (χ3v) is 4.54. The number of amides is 3. The van der Waals surface area contributed by atoms with Crippen molar-refractivity contribution < 1.29 is 23.5 Å². The van der Waals surface area contributed by atoms with Crippen LogP contribution in [0.3, 0.4) is 0 Å². The van der Waals surface area contributed by atoms with Gasteiger partial charge < -0.3 is 25.7 Å². The molecule has 3 aromatic rings. The fourth-order valence-electron chi connectivity index (χ4n) is 2.92. The third kappa shape index (κ3) is 4.86. The van der Waals surface area contributed by atoms with Gasteiger partial charge in [-0.15, -0.1) is 0 Å². The largest absolute Gasteiger partial charge is 0.497 e. The number of methoxy groups -OCH3 is 1. The predicted octanol–water partition coefficient (Wildman–Crippen LogP) is 1.51. The van der Waals surface area contributed by atoms with Crippen molar-refractivity contribution in [3.63, 3.8) is 0 Å². The first-order chi connectivity index (χ1) is 14.8. The molecule has 1 atom stereocenters. The molecule has 10 heteroatoms. The highest BCUT2D eigenvalue weighted by molar-refractivity contribution is 6.39. The fourth-order valence-corrected chi connectivity index (χ4v) is 2.92. The molecular weight excluding hydrogens is 405 g/mol. The number of hydrogen-bond acceptors (Lipinski definition) is 5. The Morgan fingerprint density at radius 3 is 2.42 bits per heavy atom. The van der Waals surface area contributed by atoms with Gasteiger partial charge in [-0.2, -0.15) is 0 Å². The first kappa shape index (κ1) is 21.5. The second-order valence-corrected chi connectivity index (χ2v) is 6.59. The van der Waals surface area contributed by atoms with Crippen molar-refractivity contribution >= 4 is 23.4 Å². The summed E-state index contributed by atoms with van der Waals surface area (Å²) in [5.74, 6) is -2.64. The van der Waals surface area contributed by atoms with Gasteiger partial charge in [0, 0.05) is 25.1 Å². The van der Waals surface area contributed by atoms with Crippen molar-refractivity contribution in [3.05, 3.63) is 77.6 Å². The van der Waals surface area contributed by atoms with Crippen LogP contribution in [0.2, 0.25) is 0 Å². The maximum Gasteiger partial charge on any atom is 0.313 e. The topological polar surface area (TPSA) is 128 Å². The number of primary amides is 1. The summed E-state index contributed by atoms with van der Waals surface area (Å²) in [6.45, 7) is 0. The van der Waals surface area contributed by atoms with Crippen LogP contribution in [-0.4, -0.2) is 34.4 Å². The minimum absolute atomic E-state index is 0.0494. The number of rotatable bonds is 6. The van der Waals surface area contributed by atoms with Gasteiger partial charge in [0.25, 0.3) is 5.91 Å². The zero-order chi connectivity index (χ0) is 22.5. The lowest BCUT2D eigenvalue weighted by Crippen LogP contribution is -2.39. The van der Waals surface area contributed by atoms with Crippen LogP contribution in [0.15, 0.2) is 54.9 Å². The Labute approximate surface area is 177 Å². The Kier molecular flexibility index (Phi) is 6.29. The molecule has 3 amide bonds. The molecule has 1 unspecified atom stereocenters. The maximum absolute atomic E-state index is 13.6. The summed E-state index contributed by atoms with van der Waals surface area (Å²) in [4.78, 5) is 40.6. The van der Waals surface area contributed by atoms with Gasteiger partial charge in [-0.1, -0.05) is 12.1 Å². The van der Waals surface area contributed by atoms with Crippen molar-refractivity contribution in [3.8, 4) is 5.75 Å². The van der Waals surface area contributed by atoms with E-state index >= 15 is 0 Å². The minimum Gasteiger partial charge on any atom is -0.497 e. The second kappa shape index (κ2) is 9.08. The SMILES string of the molecule is COc1ccc(C(NC(=O)C(=O)Nc2ccc(F)c(C(N)=O)c2)c2nccn2C)cc1. The number of halogens is 1. The smallest absolute Gasteiger partial charge is 0.313 e. The monoisotopic (exact) mass is 425 g/mol. The van der Waals surface area contributed by atoms with E-state index < -0.39 is 35.1 Å². The van der Waals surface area contributed by atoms with Gasteiger partial charge >= 0.3 is 11.8 Å². The first-order valence-electron chi connectivity index (χ1n) is 9.12. The van der Waals surface area contributed by atoms with Crippen molar-refractivity contribution in [1.82, 2.24) is 14.9 Å². The van der Waals surface area contributed by atoms with Crippen LogP contribution < -0.4 is 21.1 Å². The molecule has 0 spiro atoms. The normalized spacial score (nSPS) is 11.5. The summed E-state index contributed by atoms with van der Waals surface area (Å²) in [7, 11) is 3.30. The summed E-state index contributed by atoms with van der Waals surface area (Å²) in [5, 5.41) is 4.97. The third-order valence-electron chi connectivity index (χ3n) is 4.54. The lowest BCUT2D eigenvalue weighted by molar-refractivity contribution is -0.136. The van der Waals surface area contributed by atoms with Crippen LogP contribution in [0.25, 0.3) is 0 Å². The van der Waals surface area contributed by atoms with Crippen LogP contribution in [0.4, 0.5) is 10.1 Å². The van der Waals surface area contributed by atoms with Crippen LogP contribution in [-0.2, 0) is 16.6 Å². The van der Waals surface area contributed by atoms with E-state index in [1.54, 1.807) is 48.3 Å². The van der Waals surface area contributed by atoms with Crippen LogP contribution in [0.1, 0.15) is 27.8 Å². The number of nitrogens with zero attached hydrogens (tertiary/aromatic N) is 2. The number of ether oxygens (including phenoxy) is 1. The minimum atomic E-state index is -1.00. The zero-order valence-electron chi connectivity index (χ0n) is 16.8. The van der Waals surface area contributed by atoms with E-state index in [4.69, 9.17) is 10.5 Å². The molecule has 31 heavy (non-hydrogen) atoms. The van der Waals surface area contributed by atoms with Gasteiger partial charge in [0.05, 0.1) is 12.7 Å². The maximum atomic E-state index is 13.6. The molecule has 3 rings (SSSR count). The number of benzene rings is 2. The van der Waals surface area contributed by atoms with E-state index in [-0.39, 0.29) is 5.69 Å². The van der Waals surface area contributed by atoms with Gasteiger partial charge in [0.2, 0.25) is 0 Å². The van der Waals surface area contributed by atoms with Crippen LogP contribution in [0, 0.1) is 5.82 Å². The highest BCUT2D eigenvalue weighted by atomic mass is 19.1. The summed E-state index contributed by atoms with van der Waals surface area (Å²) >= 11 is 0. The quantitative estimate of drug-likeness (QED) is 0.516. The van der Waals surface area contributed by atoms with Crippen molar-refractivity contribution in [2.45, 2.75) is 6.04 Å². The number of anilines is 1. The molecule has 0 aliphatic carbocycles. The Morgan fingerprint density at radius 2 is 1.84 bits per heavy atom. The van der Waals surface area contributed by atoms with Gasteiger partial charge in [0.15, 0.2) is 0 Å². The number of hydrogen-bond donors (Lipinski definition) is 3. The number of carbonyl (C=O) groups excluding carboxylic acids is 3. The molecular formula is C21H20FN5O4. The predicted molar refractivity (Wildman–Crippen MR) is 110 cm³/mol. The van der Waals surface area contributed by atoms with E-state index in [0.717, 1.165) is 12.1 Å². The molecule has 160 valence electrons. The average Bonchev–Trinajstić information content (AvgIpc) is 3.18. The lowest BCUT2D eigenvalue weighted by atomic mass is 10.1. The summed E-state index contributed by atoms with van der Waals surface area (Å²) in [6, 6.07) is 9.46. The summed E-state index contributed by atoms with van der Waals surface area (Å²) in [5.41, 5.74) is 5.43. The molecule has 0 saturated carbocycles. The van der Waals surface area contributed by atoms with Gasteiger partial charge in [-0.25, -0.2) is 9.37 Å². The van der Waals surface area contributed by atoms with E-state index in [9.17, 15) is 18.8 Å². The lowest BCUT2D eigenvalue weighted by Gasteiger charge is -2.19. The summed E-state index contributed by atoms with van der Waals surface area (Å²) < 4.78 is 20.5. The Balaban J connectivity index is 1.81. The van der Waals surface area contributed by atoms with Crippen LogP contribution in [0.5, 0.6) is 5.75 Å². The molecule has 0 aliphatic rings. The second-order valence-electron chi connectivity index (χ2n) is 6.59. The number of nitrogens with one attached hydrogen (secondary N) is 2. The zero-order valence-corrected chi connectivity index (χ0v) is 16.8. The Hall–Kier alpha value is -4.21. The molecule has 1 heterocycles. The van der Waals surface area contributed by atoms with E-state index in [0.29, 0.717) is 17.1 Å². The highest BCUT2D eigenvalue weighted by Gasteiger charge is 2.24. The average molecular weight is 425 g/mol. The molecule has 9 nitrogen and oxygen atoms in total. The number of aryl methyl sites for hydroxylation is 1. The van der Waals surface area contributed by atoms with Gasteiger partial charge in [0.1, 0.15) is 23.4 Å². The molecule has 0 fully saturated rings. The highest BCUT2D eigenvalue weighted by Crippen LogP contribution is 2.23. The van der Waals surface area contributed by atoms with Gasteiger partial charge in [-0.05, 0) is 35.9 Å². The number of carbonyl (C=O) groups is 3. The van der Waals surface area contributed by atoms with Crippen LogP contribution >= 0.6 is 0 Å². The van der Waals surface area contributed by atoms with Crippen molar-refractivity contribution in [1.29, 1.82) is 0 Å². The summed E-state index contributed by atoms with van der Waals surface area (Å²) in [6.07, 6.45) is 3.28. The standard InChI is InChI=1S/C21H20FN5O4/c1-27-10-9-24-19(27)17(12-3-6-14(31-2)7-4-12)26-21(30)20(29)25-13-5-8-16(22)15(11-13)18(23)28/h3-11,17H,1-2H3,(H2,23,28)(H,25,29)(H,26,30).